The summed E-state index contributed by atoms with van der Waals surface area (Å²) in [5.74, 6) is 0.252. The van der Waals surface area contributed by atoms with E-state index in [4.69, 9.17) is 11.6 Å². The SMILES string of the molecule is O=C1C=C(Cc2cc(Cl)ccc2I)CC1. The van der Waals surface area contributed by atoms with Crippen LogP contribution in [0.3, 0.4) is 0 Å². The molecule has 0 aromatic heterocycles. The molecule has 0 aliphatic heterocycles. The van der Waals surface area contributed by atoms with Crippen LogP contribution in [0.1, 0.15) is 18.4 Å². The van der Waals surface area contributed by atoms with E-state index in [0.29, 0.717) is 6.42 Å². The van der Waals surface area contributed by atoms with Crippen LogP contribution >= 0.6 is 34.2 Å². The Morgan fingerprint density at radius 1 is 1.33 bits per heavy atom. The van der Waals surface area contributed by atoms with Crippen molar-refractivity contribution in [1.29, 1.82) is 0 Å². The van der Waals surface area contributed by atoms with Gasteiger partial charge in [-0.05, 0) is 65.3 Å². The Hall–Kier alpha value is -0.350. The predicted octanol–water partition coefficient (Wildman–Crippen LogP) is 3.78. The Kier molecular flexibility index (Phi) is 3.46. The fraction of sp³-hybridized carbons (Fsp3) is 0.250. The number of benzene rings is 1. The highest BCUT2D eigenvalue weighted by atomic mass is 127. The molecule has 0 saturated carbocycles. The van der Waals surface area contributed by atoms with Crippen LogP contribution in [0.25, 0.3) is 0 Å². The summed E-state index contributed by atoms with van der Waals surface area (Å²) in [5.41, 5.74) is 2.43. The van der Waals surface area contributed by atoms with E-state index < -0.39 is 0 Å². The second-order valence-corrected chi connectivity index (χ2v) is 5.28. The molecule has 0 heterocycles. The van der Waals surface area contributed by atoms with Crippen LogP contribution in [0.15, 0.2) is 29.8 Å². The molecule has 1 aromatic rings. The lowest BCUT2D eigenvalue weighted by atomic mass is 10.1. The fourth-order valence-corrected chi connectivity index (χ4v) is 2.44. The van der Waals surface area contributed by atoms with Gasteiger partial charge in [0.05, 0.1) is 0 Å². The topological polar surface area (TPSA) is 17.1 Å². The van der Waals surface area contributed by atoms with Gasteiger partial charge in [-0.3, -0.25) is 4.79 Å². The van der Waals surface area contributed by atoms with Crippen molar-refractivity contribution < 1.29 is 4.79 Å². The fourth-order valence-electron chi connectivity index (χ4n) is 1.72. The highest BCUT2D eigenvalue weighted by Gasteiger charge is 2.13. The molecule has 0 fully saturated rings. The van der Waals surface area contributed by atoms with Crippen molar-refractivity contribution in [3.63, 3.8) is 0 Å². The third-order valence-corrected chi connectivity index (χ3v) is 3.77. The number of allylic oxidation sites excluding steroid dienone is 2. The Morgan fingerprint density at radius 2 is 2.13 bits per heavy atom. The molecule has 0 bridgehead atoms. The van der Waals surface area contributed by atoms with Gasteiger partial charge < -0.3 is 0 Å². The van der Waals surface area contributed by atoms with Crippen molar-refractivity contribution in [1.82, 2.24) is 0 Å². The lowest BCUT2D eigenvalue weighted by Gasteiger charge is -2.05. The maximum atomic E-state index is 11.1. The third-order valence-electron chi connectivity index (χ3n) is 2.48. The minimum atomic E-state index is 0.252. The Morgan fingerprint density at radius 3 is 2.80 bits per heavy atom. The van der Waals surface area contributed by atoms with Gasteiger partial charge in [0.25, 0.3) is 0 Å². The smallest absolute Gasteiger partial charge is 0.155 e. The van der Waals surface area contributed by atoms with Gasteiger partial charge in [0, 0.05) is 15.0 Å². The zero-order chi connectivity index (χ0) is 10.8. The van der Waals surface area contributed by atoms with E-state index in [1.165, 1.54) is 14.7 Å². The molecule has 0 saturated heterocycles. The molecule has 1 aliphatic rings. The lowest BCUT2D eigenvalue weighted by molar-refractivity contribution is -0.114. The summed E-state index contributed by atoms with van der Waals surface area (Å²) in [7, 11) is 0. The lowest BCUT2D eigenvalue weighted by Crippen LogP contribution is -1.91. The van der Waals surface area contributed by atoms with E-state index >= 15 is 0 Å². The zero-order valence-electron chi connectivity index (χ0n) is 8.09. The van der Waals surface area contributed by atoms with Crippen LogP contribution in [0.2, 0.25) is 5.02 Å². The van der Waals surface area contributed by atoms with Crippen molar-refractivity contribution in [3.05, 3.63) is 44.0 Å². The van der Waals surface area contributed by atoms with Gasteiger partial charge in [-0.2, -0.15) is 0 Å². The van der Waals surface area contributed by atoms with Crippen LogP contribution in [-0.4, -0.2) is 5.78 Å². The van der Waals surface area contributed by atoms with E-state index in [1.807, 2.05) is 18.2 Å². The monoisotopic (exact) mass is 332 g/mol. The third kappa shape index (κ3) is 2.82. The second-order valence-electron chi connectivity index (χ2n) is 3.68. The average molecular weight is 333 g/mol. The maximum absolute atomic E-state index is 11.1. The molecule has 1 aliphatic carbocycles. The number of ketones is 1. The number of halogens is 2. The van der Waals surface area contributed by atoms with Crippen molar-refractivity contribution in [2.24, 2.45) is 0 Å². The van der Waals surface area contributed by atoms with Gasteiger partial charge in [0.2, 0.25) is 0 Å². The van der Waals surface area contributed by atoms with Gasteiger partial charge in [-0.1, -0.05) is 17.2 Å². The number of hydrogen-bond acceptors (Lipinski definition) is 1. The predicted molar refractivity (Wildman–Crippen MR) is 70.2 cm³/mol. The van der Waals surface area contributed by atoms with E-state index in [9.17, 15) is 4.79 Å². The molecule has 78 valence electrons. The van der Waals surface area contributed by atoms with Crippen molar-refractivity contribution >= 4 is 40.0 Å². The molecule has 1 aromatic carbocycles. The van der Waals surface area contributed by atoms with Gasteiger partial charge in [0.1, 0.15) is 0 Å². The average Bonchev–Trinajstić information content (AvgIpc) is 2.58. The normalized spacial score (nSPS) is 15.6. The van der Waals surface area contributed by atoms with Crippen molar-refractivity contribution in [2.75, 3.05) is 0 Å². The number of carbonyl (C=O) groups is 1. The summed E-state index contributed by atoms with van der Waals surface area (Å²) in [6, 6.07) is 5.88. The molecule has 15 heavy (non-hydrogen) atoms. The zero-order valence-corrected chi connectivity index (χ0v) is 11.0. The standard InChI is InChI=1S/C12H10ClIO/c13-10-2-4-12(14)9(7-10)5-8-1-3-11(15)6-8/h2,4,6-7H,1,3,5H2. The minimum absolute atomic E-state index is 0.252. The van der Waals surface area contributed by atoms with E-state index in [0.717, 1.165) is 17.9 Å². The van der Waals surface area contributed by atoms with Gasteiger partial charge >= 0.3 is 0 Å². The van der Waals surface area contributed by atoms with Crippen LogP contribution < -0.4 is 0 Å². The second kappa shape index (κ2) is 4.66. The Labute approximate surface area is 108 Å². The largest absolute Gasteiger partial charge is 0.295 e. The quantitative estimate of drug-likeness (QED) is 0.753. The van der Waals surface area contributed by atoms with Gasteiger partial charge in [-0.25, -0.2) is 0 Å². The first kappa shape index (κ1) is 11.1. The molecule has 0 unspecified atom stereocenters. The van der Waals surface area contributed by atoms with Crippen molar-refractivity contribution in [2.45, 2.75) is 19.3 Å². The maximum Gasteiger partial charge on any atom is 0.155 e. The molecule has 0 atom stereocenters. The van der Waals surface area contributed by atoms with E-state index in [1.54, 1.807) is 6.08 Å². The van der Waals surface area contributed by atoms with Crippen LogP contribution in [0.5, 0.6) is 0 Å². The van der Waals surface area contributed by atoms with Crippen LogP contribution in [0, 0.1) is 3.57 Å². The first-order valence-corrected chi connectivity index (χ1v) is 6.27. The number of rotatable bonds is 2. The van der Waals surface area contributed by atoms with Gasteiger partial charge in [-0.15, -0.1) is 0 Å². The van der Waals surface area contributed by atoms with E-state index in [2.05, 4.69) is 22.6 Å². The van der Waals surface area contributed by atoms with Crippen molar-refractivity contribution in [3.8, 4) is 0 Å². The molecule has 0 N–H and O–H groups in total. The number of carbonyl (C=O) groups excluding carboxylic acids is 1. The molecule has 1 nitrogen and oxygen atoms in total. The summed E-state index contributed by atoms with van der Waals surface area (Å²) in [4.78, 5) is 11.1. The first-order valence-electron chi connectivity index (χ1n) is 4.81. The van der Waals surface area contributed by atoms with E-state index in [-0.39, 0.29) is 5.78 Å². The first-order chi connectivity index (χ1) is 7.15. The Balaban J connectivity index is 2.20. The Bertz CT molecular complexity index is 437. The van der Waals surface area contributed by atoms with Crippen LogP contribution in [0.4, 0.5) is 0 Å². The molecule has 3 heteroatoms. The molecular formula is C12H10ClIO. The molecule has 0 spiro atoms. The van der Waals surface area contributed by atoms with Gasteiger partial charge in [0.15, 0.2) is 5.78 Å². The summed E-state index contributed by atoms with van der Waals surface area (Å²) < 4.78 is 1.21. The summed E-state index contributed by atoms with van der Waals surface area (Å²) in [5, 5.41) is 0.760. The molecule has 0 amide bonds. The molecular weight excluding hydrogens is 322 g/mol. The minimum Gasteiger partial charge on any atom is -0.295 e. The summed E-state index contributed by atoms with van der Waals surface area (Å²) >= 11 is 8.24. The molecule has 0 radical (unpaired) electrons. The molecule has 2 rings (SSSR count). The highest BCUT2D eigenvalue weighted by molar-refractivity contribution is 14.1. The summed E-state index contributed by atoms with van der Waals surface area (Å²) in [6.07, 6.45) is 4.20. The summed E-state index contributed by atoms with van der Waals surface area (Å²) in [6.45, 7) is 0. The van der Waals surface area contributed by atoms with Crippen LogP contribution in [-0.2, 0) is 11.2 Å². The number of hydrogen-bond donors (Lipinski definition) is 0. The highest BCUT2D eigenvalue weighted by Crippen LogP contribution is 2.24.